The molecule has 1 unspecified atom stereocenters. The van der Waals surface area contributed by atoms with Gasteiger partial charge in [-0.25, -0.2) is 4.79 Å². The Morgan fingerprint density at radius 2 is 2.08 bits per heavy atom. The van der Waals surface area contributed by atoms with Gasteiger partial charge in [0.05, 0.1) is 0 Å². The Hall–Kier alpha value is -2.76. The Morgan fingerprint density at radius 1 is 1.33 bits per heavy atom. The van der Waals surface area contributed by atoms with Crippen molar-refractivity contribution in [3.05, 3.63) is 47.7 Å². The lowest BCUT2D eigenvalue weighted by Gasteiger charge is -2.27. The molecule has 0 fully saturated rings. The Balaban J connectivity index is 1.67. The number of nitrogens with two attached hydrogens (primary N) is 1. The fraction of sp³-hybridized carbons (Fsp3) is 0.333. The maximum atomic E-state index is 12.4. The zero-order valence-corrected chi connectivity index (χ0v) is 13.6. The van der Waals surface area contributed by atoms with Crippen molar-refractivity contribution in [2.45, 2.75) is 32.4 Å². The predicted molar refractivity (Wildman–Crippen MR) is 90.1 cm³/mol. The number of carbonyl (C=O) groups excluding carboxylic acids is 2. The van der Waals surface area contributed by atoms with Crippen molar-refractivity contribution in [2.75, 3.05) is 6.54 Å². The van der Waals surface area contributed by atoms with Crippen molar-refractivity contribution < 1.29 is 14.0 Å². The molecule has 126 valence electrons. The highest BCUT2D eigenvalue weighted by Crippen LogP contribution is 2.29. The molecule has 3 N–H and O–H groups in total. The van der Waals surface area contributed by atoms with Crippen LogP contribution in [0.1, 0.15) is 24.7 Å². The first-order valence-electron chi connectivity index (χ1n) is 8.03. The van der Waals surface area contributed by atoms with Gasteiger partial charge in [0.1, 0.15) is 11.5 Å². The maximum absolute atomic E-state index is 12.4. The van der Waals surface area contributed by atoms with E-state index in [1.807, 2.05) is 36.4 Å². The zero-order chi connectivity index (χ0) is 17.1. The largest absolute Gasteiger partial charge is 0.461 e. The summed E-state index contributed by atoms with van der Waals surface area (Å²) in [6, 6.07) is 11.0. The molecule has 6 heteroatoms. The lowest BCUT2D eigenvalue weighted by molar-refractivity contribution is -0.132. The highest BCUT2D eigenvalue weighted by atomic mass is 16.3. The topological polar surface area (TPSA) is 88.6 Å². The second kappa shape index (κ2) is 6.78. The highest BCUT2D eigenvalue weighted by molar-refractivity contribution is 5.78. The number of furan rings is 1. The Labute approximate surface area is 140 Å². The summed E-state index contributed by atoms with van der Waals surface area (Å²) in [6.45, 7) is 2.92. The third-order valence-electron chi connectivity index (χ3n) is 4.15. The second-order valence-electron chi connectivity index (χ2n) is 6.10. The van der Waals surface area contributed by atoms with Crippen LogP contribution in [-0.2, 0) is 17.8 Å². The molecule has 6 nitrogen and oxygen atoms in total. The van der Waals surface area contributed by atoms with Gasteiger partial charge in [0.2, 0.25) is 5.91 Å². The summed E-state index contributed by atoms with van der Waals surface area (Å²) >= 11 is 0. The van der Waals surface area contributed by atoms with Crippen molar-refractivity contribution in [2.24, 2.45) is 5.73 Å². The molecule has 3 rings (SSSR count). The van der Waals surface area contributed by atoms with Gasteiger partial charge in [-0.3, -0.25) is 4.79 Å². The average Bonchev–Trinajstić information content (AvgIpc) is 2.97. The average molecular weight is 327 g/mol. The number of fused-ring (bicyclic) bond motifs is 1. The van der Waals surface area contributed by atoms with Crippen LogP contribution < -0.4 is 11.1 Å². The SMILES string of the molecule is CC(CC(=O)N1CCc2oc(-c3ccccc3)cc2C1)NC(N)=O. The van der Waals surface area contributed by atoms with Crippen molar-refractivity contribution in [1.82, 2.24) is 10.2 Å². The molecule has 1 aromatic carbocycles. The molecule has 2 heterocycles. The minimum Gasteiger partial charge on any atom is -0.461 e. The molecule has 0 aliphatic carbocycles. The summed E-state index contributed by atoms with van der Waals surface area (Å²) < 4.78 is 5.94. The minimum atomic E-state index is -0.612. The number of urea groups is 1. The molecule has 1 atom stereocenters. The lowest BCUT2D eigenvalue weighted by atomic mass is 10.1. The fourth-order valence-electron chi connectivity index (χ4n) is 2.98. The van der Waals surface area contributed by atoms with Crippen molar-refractivity contribution in [3.63, 3.8) is 0 Å². The van der Waals surface area contributed by atoms with Gasteiger partial charge in [-0.2, -0.15) is 0 Å². The molecule has 1 aromatic heterocycles. The predicted octanol–water partition coefficient (Wildman–Crippen LogP) is 2.28. The van der Waals surface area contributed by atoms with Crippen LogP contribution in [0.5, 0.6) is 0 Å². The van der Waals surface area contributed by atoms with Gasteiger partial charge in [-0.15, -0.1) is 0 Å². The number of carbonyl (C=O) groups is 2. The summed E-state index contributed by atoms with van der Waals surface area (Å²) in [5, 5.41) is 2.53. The van der Waals surface area contributed by atoms with Crippen LogP contribution in [-0.4, -0.2) is 29.4 Å². The van der Waals surface area contributed by atoms with Crippen LogP contribution in [0, 0.1) is 0 Å². The molecule has 24 heavy (non-hydrogen) atoms. The van der Waals surface area contributed by atoms with Gasteiger partial charge >= 0.3 is 6.03 Å². The number of rotatable bonds is 4. The number of nitrogens with zero attached hydrogens (tertiary/aromatic N) is 1. The number of amides is 3. The summed E-state index contributed by atoms with van der Waals surface area (Å²) in [5.41, 5.74) is 7.16. The second-order valence-corrected chi connectivity index (χ2v) is 6.10. The summed E-state index contributed by atoms with van der Waals surface area (Å²) in [6.07, 6.45) is 0.938. The number of primary amides is 1. The van der Waals surface area contributed by atoms with E-state index in [1.54, 1.807) is 11.8 Å². The van der Waals surface area contributed by atoms with Crippen LogP contribution >= 0.6 is 0 Å². The highest BCUT2D eigenvalue weighted by Gasteiger charge is 2.25. The van der Waals surface area contributed by atoms with E-state index in [0.717, 1.165) is 22.6 Å². The first-order valence-corrected chi connectivity index (χ1v) is 8.03. The normalized spacial score (nSPS) is 14.8. The molecule has 0 bridgehead atoms. The number of hydrogen-bond donors (Lipinski definition) is 2. The molecule has 1 aliphatic heterocycles. The molecular formula is C18H21N3O3. The van der Waals surface area contributed by atoms with E-state index in [0.29, 0.717) is 19.5 Å². The first kappa shape index (κ1) is 16.1. The molecule has 1 aliphatic rings. The minimum absolute atomic E-state index is 0.00404. The molecule has 2 aromatic rings. The Bertz CT molecular complexity index is 739. The summed E-state index contributed by atoms with van der Waals surface area (Å²) in [4.78, 5) is 25.0. The van der Waals surface area contributed by atoms with Gasteiger partial charge < -0.3 is 20.4 Å². The molecule has 0 saturated heterocycles. The number of nitrogens with one attached hydrogen (secondary N) is 1. The van der Waals surface area contributed by atoms with Gasteiger partial charge in [-0.1, -0.05) is 30.3 Å². The molecule has 3 amide bonds. The monoisotopic (exact) mass is 327 g/mol. The Kier molecular flexibility index (Phi) is 4.55. The summed E-state index contributed by atoms with van der Waals surface area (Å²) in [5.74, 6) is 1.78. The van der Waals surface area contributed by atoms with Crippen LogP contribution in [0.3, 0.4) is 0 Å². The van der Waals surface area contributed by atoms with Gasteiger partial charge in [0, 0.05) is 43.1 Å². The maximum Gasteiger partial charge on any atom is 0.312 e. The quantitative estimate of drug-likeness (QED) is 0.903. The van der Waals surface area contributed by atoms with E-state index >= 15 is 0 Å². The Morgan fingerprint density at radius 3 is 2.79 bits per heavy atom. The smallest absolute Gasteiger partial charge is 0.312 e. The zero-order valence-electron chi connectivity index (χ0n) is 13.6. The van der Waals surface area contributed by atoms with Crippen LogP contribution in [0.25, 0.3) is 11.3 Å². The van der Waals surface area contributed by atoms with E-state index in [9.17, 15) is 9.59 Å². The van der Waals surface area contributed by atoms with Crippen LogP contribution in [0.2, 0.25) is 0 Å². The fourth-order valence-corrected chi connectivity index (χ4v) is 2.98. The van der Waals surface area contributed by atoms with Gasteiger partial charge in [0.15, 0.2) is 0 Å². The lowest BCUT2D eigenvalue weighted by Crippen LogP contribution is -2.42. The van der Waals surface area contributed by atoms with E-state index in [4.69, 9.17) is 10.2 Å². The van der Waals surface area contributed by atoms with Crippen LogP contribution in [0.15, 0.2) is 40.8 Å². The standard InChI is InChI=1S/C18H21N3O3/c1-12(20-18(19)23)9-17(22)21-8-7-15-14(11-21)10-16(24-15)13-5-3-2-4-6-13/h2-6,10,12H,7-9,11H2,1H3,(H3,19,20,23). The summed E-state index contributed by atoms with van der Waals surface area (Å²) in [7, 11) is 0. The van der Waals surface area contributed by atoms with Crippen molar-refractivity contribution in [3.8, 4) is 11.3 Å². The number of benzene rings is 1. The third-order valence-corrected chi connectivity index (χ3v) is 4.15. The van der Waals surface area contributed by atoms with Gasteiger partial charge in [0.25, 0.3) is 0 Å². The molecule has 0 saturated carbocycles. The first-order chi connectivity index (χ1) is 11.5. The molecular weight excluding hydrogens is 306 g/mol. The van der Waals surface area contributed by atoms with Gasteiger partial charge in [-0.05, 0) is 13.0 Å². The van der Waals surface area contributed by atoms with E-state index < -0.39 is 6.03 Å². The van der Waals surface area contributed by atoms with E-state index in [-0.39, 0.29) is 18.4 Å². The molecule has 0 spiro atoms. The number of hydrogen-bond acceptors (Lipinski definition) is 3. The van der Waals surface area contributed by atoms with Crippen LogP contribution in [0.4, 0.5) is 4.79 Å². The molecule has 0 radical (unpaired) electrons. The van der Waals surface area contributed by atoms with E-state index in [1.165, 1.54) is 0 Å². The van der Waals surface area contributed by atoms with E-state index in [2.05, 4.69) is 5.32 Å². The van der Waals surface area contributed by atoms with Crippen molar-refractivity contribution in [1.29, 1.82) is 0 Å². The van der Waals surface area contributed by atoms with Crippen molar-refractivity contribution >= 4 is 11.9 Å². The third kappa shape index (κ3) is 3.59.